The van der Waals surface area contributed by atoms with E-state index in [1.165, 1.54) is 32.1 Å². The smallest absolute Gasteiger partial charge is 0.308 e. The maximum absolute atomic E-state index is 11.4. The lowest BCUT2D eigenvalue weighted by molar-refractivity contribution is -0.149. The Bertz CT molecular complexity index is 178. The van der Waals surface area contributed by atoms with Gasteiger partial charge >= 0.3 is 5.97 Å². The molecule has 0 aliphatic heterocycles. The van der Waals surface area contributed by atoms with Gasteiger partial charge in [-0.2, -0.15) is 0 Å². The van der Waals surface area contributed by atoms with E-state index in [4.69, 9.17) is 4.74 Å². The van der Waals surface area contributed by atoms with E-state index < -0.39 is 0 Å². The maximum atomic E-state index is 11.4. The minimum Gasteiger partial charge on any atom is -0.465 e. The number of hydrogen-bond acceptors (Lipinski definition) is 2. The average Bonchev–Trinajstić information content (AvgIpc) is 2.30. The first kappa shape index (κ1) is 15.5. The number of hydrogen-bond donors (Lipinski definition) is 0. The van der Waals surface area contributed by atoms with Crippen LogP contribution in [0.2, 0.25) is 0 Å². The lowest BCUT2D eigenvalue weighted by atomic mass is 10.0. The fraction of sp³-hybridized carbons (Fsp3) is 0.929. The molecule has 0 aromatic heterocycles. The molecular formula is C14H28O2. The van der Waals surface area contributed by atoms with Crippen LogP contribution in [0, 0.1) is 11.8 Å². The van der Waals surface area contributed by atoms with Gasteiger partial charge in [-0.3, -0.25) is 4.79 Å². The first-order valence-electron chi connectivity index (χ1n) is 6.78. The highest BCUT2D eigenvalue weighted by Gasteiger charge is 2.13. The van der Waals surface area contributed by atoms with E-state index in [9.17, 15) is 4.79 Å². The summed E-state index contributed by atoms with van der Waals surface area (Å²) in [6, 6.07) is 0. The SMILES string of the molecule is CCCCCCC(C)COC(=O)C(C)CC. The van der Waals surface area contributed by atoms with Gasteiger partial charge in [0.2, 0.25) is 0 Å². The summed E-state index contributed by atoms with van der Waals surface area (Å²) in [6.07, 6.45) is 7.20. The summed E-state index contributed by atoms with van der Waals surface area (Å²) >= 11 is 0. The third-order valence-corrected chi connectivity index (χ3v) is 3.08. The molecule has 0 spiro atoms. The fourth-order valence-electron chi connectivity index (χ4n) is 1.54. The topological polar surface area (TPSA) is 26.3 Å². The quantitative estimate of drug-likeness (QED) is 0.437. The highest BCUT2D eigenvalue weighted by molar-refractivity contribution is 5.71. The van der Waals surface area contributed by atoms with Crippen LogP contribution in [0.1, 0.15) is 66.2 Å². The van der Waals surface area contributed by atoms with Gasteiger partial charge in [0.05, 0.1) is 12.5 Å². The molecule has 0 saturated heterocycles. The molecule has 0 rings (SSSR count). The van der Waals surface area contributed by atoms with Gasteiger partial charge in [0.25, 0.3) is 0 Å². The van der Waals surface area contributed by atoms with Gasteiger partial charge in [-0.05, 0) is 18.8 Å². The molecule has 2 atom stereocenters. The predicted molar refractivity (Wildman–Crippen MR) is 68.3 cm³/mol. The van der Waals surface area contributed by atoms with Crippen molar-refractivity contribution in [1.82, 2.24) is 0 Å². The van der Waals surface area contributed by atoms with Crippen LogP contribution in [0.3, 0.4) is 0 Å². The molecule has 0 bridgehead atoms. The summed E-state index contributed by atoms with van der Waals surface area (Å²) in [6.45, 7) is 8.91. The molecule has 96 valence electrons. The van der Waals surface area contributed by atoms with Gasteiger partial charge in [0, 0.05) is 0 Å². The summed E-state index contributed by atoms with van der Waals surface area (Å²) in [5, 5.41) is 0. The first-order chi connectivity index (χ1) is 7.61. The Kier molecular flexibility index (Phi) is 9.36. The summed E-state index contributed by atoms with van der Waals surface area (Å²) in [7, 11) is 0. The molecule has 0 N–H and O–H groups in total. The van der Waals surface area contributed by atoms with E-state index in [2.05, 4.69) is 13.8 Å². The summed E-state index contributed by atoms with van der Waals surface area (Å²) in [5.74, 6) is 0.514. The van der Waals surface area contributed by atoms with Crippen LogP contribution in [-0.2, 0) is 9.53 Å². The van der Waals surface area contributed by atoms with Crippen molar-refractivity contribution < 1.29 is 9.53 Å². The molecule has 0 aromatic carbocycles. The second-order valence-electron chi connectivity index (χ2n) is 4.89. The molecule has 16 heavy (non-hydrogen) atoms. The zero-order valence-electron chi connectivity index (χ0n) is 11.4. The number of carbonyl (C=O) groups excluding carboxylic acids is 1. The molecule has 0 heterocycles. The molecule has 2 unspecified atom stereocenters. The molecular weight excluding hydrogens is 200 g/mol. The monoisotopic (exact) mass is 228 g/mol. The highest BCUT2D eigenvalue weighted by atomic mass is 16.5. The van der Waals surface area contributed by atoms with Crippen molar-refractivity contribution in [2.24, 2.45) is 11.8 Å². The van der Waals surface area contributed by atoms with Crippen molar-refractivity contribution in [3.8, 4) is 0 Å². The maximum Gasteiger partial charge on any atom is 0.308 e. The number of esters is 1. The first-order valence-corrected chi connectivity index (χ1v) is 6.78. The second kappa shape index (κ2) is 9.68. The summed E-state index contributed by atoms with van der Waals surface area (Å²) < 4.78 is 5.27. The molecule has 0 aliphatic rings. The number of ether oxygens (including phenoxy) is 1. The van der Waals surface area contributed by atoms with Gasteiger partial charge < -0.3 is 4.74 Å². The van der Waals surface area contributed by atoms with E-state index in [1.54, 1.807) is 0 Å². The normalized spacial score (nSPS) is 14.5. The van der Waals surface area contributed by atoms with Gasteiger partial charge in [0.15, 0.2) is 0 Å². The molecule has 0 amide bonds. The summed E-state index contributed by atoms with van der Waals surface area (Å²) in [4.78, 5) is 11.4. The minimum absolute atomic E-state index is 0.0390. The second-order valence-corrected chi connectivity index (χ2v) is 4.89. The molecule has 2 nitrogen and oxygen atoms in total. The van der Waals surface area contributed by atoms with E-state index in [0.29, 0.717) is 12.5 Å². The number of carbonyl (C=O) groups is 1. The summed E-state index contributed by atoms with van der Waals surface area (Å²) in [5.41, 5.74) is 0. The van der Waals surface area contributed by atoms with E-state index >= 15 is 0 Å². The Morgan fingerprint density at radius 2 is 1.81 bits per heavy atom. The zero-order valence-corrected chi connectivity index (χ0v) is 11.4. The van der Waals surface area contributed by atoms with Gasteiger partial charge in [-0.15, -0.1) is 0 Å². The average molecular weight is 228 g/mol. The lowest BCUT2D eigenvalue weighted by Crippen LogP contribution is -2.17. The van der Waals surface area contributed by atoms with Crippen molar-refractivity contribution >= 4 is 5.97 Å². The van der Waals surface area contributed by atoms with Crippen molar-refractivity contribution in [3.05, 3.63) is 0 Å². The van der Waals surface area contributed by atoms with Crippen LogP contribution in [0.5, 0.6) is 0 Å². The highest BCUT2D eigenvalue weighted by Crippen LogP contribution is 2.12. The Hall–Kier alpha value is -0.530. The largest absolute Gasteiger partial charge is 0.465 e. The molecule has 0 saturated carbocycles. The lowest BCUT2D eigenvalue weighted by Gasteiger charge is -2.14. The van der Waals surface area contributed by atoms with E-state index in [-0.39, 0.29) is 11.9 Å². The number of unbranched alkanes of at least 4 members (excludes halogenated alkanes) is 3. The van der Waals surface area contributed by atoms with Gasteiger partial charge in [0.1, 0.15) is 0 Å². The van der Waals surface area contributed by atoms with Gasteiger partial charge in [-0.1, -0.05) is 53.4 Å². The van der Waals surface area contributed by atoms with Crippen LogP contribution in [0.25, 0.3) is 0 Å². The third-order valence-electron chi connectivity index (χ3n) is 3.08. The number of rotatable bonds is 9. The Morgan fingerprint density at radius 1 is 1.12 bits per heavy atom. The Morgan fingerprint density at radius 3 is 2.38 bits per heavy atom. The van der Waals surface area contributed by atoms with Crippen LogP contribution in [-0.4, -0.2) is 12.6 Å². The minimum atomic E-state index is -0.0390. The molecule has 0 aliphatic carbocycles. The van der Waals surface area contributed by atoms with Crippen LogP contribution < -0.4 is 0 Å². The molecule has 2 heteroatoms. The molecule has 0 aromatic rings. The van der Waals surface area contributed by atoms with Crippen molar-refractivity contribution in [2.45, 2.75) is 66.2 Å². The van der Waals surface area contributed by atoms with Crippen molar-refractivity contribution in [3.63, 3.8) is 0 Å². The molecule has 0 radical (unpaired) electrons. The van der Waals surface area contributed by atoms with Crippen LogP contribution in [0.15, 0.2) is 0 Å². The van der Waals surface area contributed by atoms with Crippen molar-refractivity contribution in [1.29, 1.82) is 0 Å². The van der Waals surface area contributed by atoms with Crippen LogP contribution >= 0.6 is 0 Å². The standard InChI is InChI=1S/C14H28O2/c1-5-7-8-9-10-12(3)11-16-14(15)13(4)6-2/h12-13H,5-11H2,1-4H3. The van der Waals surface area contributed by atoms with Crippen molar-refractivity contribution in [2.75, 3.05) is 6.61 Å². The Balaban J connectivity index is 3.49. The predicted octanol–water partition coefficient (Wildman–Crippen LogP) is 4.18. The third kappa shape index (κ3) is 7.72. The van der Waals surface area contributed by atoms with E-state index in [1.807, 2.05) is 13.8 Å². The fourth-order valence-corrected chi connectivity index (χ4v) is 1.54. The van der Waals surface area contributed by atoms with Crippen LogP contribution in [0.4, 0.5) is 0 Å². The molecule has 0 fully saturated rings. The van der Waals surface area contributed by atoms with Gasteiger partial charge in [-0.25, -0.2) is 0 Å². The zero-order chi connectivity index (χ0) is 12.4. The Labute approximate surface area is 101 Å². The van der Waals surface area contributed by atoms with E-state index in [0.717, 1.165) is 6.42 Å².